The molecule has 0 saturated carbocycles. The monoisotopic (exact) mass is 417 g/mol. The quantitative estimate of drug-likeness (QED) is 0.471. The second-order valence-corrected chi connectivity index (χ2v) is 7.25. The number of carbonyl (C=O) groups excluding carboxylic acids is 1. The lowest BCUT2D eigenvalue weighted by Gasteiger charge is -2.10. The third-order valence-electron chi connectivity index (χ3n) is 4.25. The number of benzene rings is 2. The van der Waals surface area contributed by atoms with Crippen molar-refractivity contribution in [3.63, 3.8) is 0 Å². The molecule has 0 aliphatic rings. The molecule has 0 saturated heterocycles. The molecule has 0 aromatic heterocycles. The van der Waals surface area contributed by atoms with E-state index in [-0.39, 0.29) is 5.91 Å². The second-order valence-electron chi connectivity index (χ2n) is 6.40. The fourth-order valence-electron chi connectivity index (χ4n) is 2.72. The highest BCUT2D eigenvalue weighted by Gasteiger charge is 2.09. The molecular weight excluding hydrogens is 390 g/mol. The Kier molecular flexibility index (Phi) is 9.26. The van der Waals surface area contributed by atoms with E-state index in [0.29, 0.717) is 12.2 Å². The van der Waals surface area contributed by atoms with Crippen LogP contribution in [-0.2, 0) is 6.42 Å². The molecule has 0 unspecified atom stereocenters. The normalized spacial score (nSPS) is 10.5. The van der Waals surface area contributed by atoms with Crippen LogP contribution < -0.4 is 10.1 Å². The van der Waals surface area contributed by atoms with E-state index in [1.807, 2.05) is 36.4 Å². The first-order valence-corrected chi connectivity index (χ1v) is 10.2. The molecule has 140 valence electrons. The molecule has 1 N–H and O–H groups in total. The van der Waals surface area contributed by atoms with E-state index in [1.54, 1.807) is 0 Å². The van der Waals surface area contributed by atoms with Crippen molar-refractivity contribution in [2.75, 3.05) is 13.2 Å². The van der Waals surface area contributed by atoms with Gasteiger partial charge in [0.15, 0.2) is 0 Å². The van der Waals surface area contributed by atoms with E-state index < -0.39 is 0 Å². The van der Waals surface area contributed by atoms with Crippen molar-refractivity contribution >= 4 is 21.8 Å². The number of carbonyl (C=O) groups is 1. The van der Waals surface area contributed by atoms with E-state index in [4.69, 9.17) is 4.74 Å². The first kappa shape index (κ1) is 20.5. The van der Waals surface area contributed by atoms with Crippen LogP contribution in [0.3, 0.4) is 0 Å². The minimum absolute atomic E-state index is 0.0305. The van der Waals surface area contributed by atoms with Crippen LogP contribution in [0.1, 0.15) is 54.9 Å². The molecule has 3 nitrogen and oxygen atoms in total. The molecule has 26 heavy (non-hydrogen) atoms. The lowest BCUT2D eigenvalue weighted by atomic mass is 10.1. The molecule has 0 bridgehead atoms. The average molecular weight is 418 g/mol. The molecule has 0 aliphatic heterocycles. The van der Waals surface area contributed by atoms with E-state index in [2.05, 4.69) is 40.3 Å². The maximum atomic E-state index is 12.2. The Balaban J connectivity index is 1.76. The number of rotatable bonds is 11. The summed E-state index contributed by atoms with van der Waals surface area (Å²) in [5.41, 5.74) is 1.90. The zero-order valence-corrected chi connectivity index (χ0v) is 17.1. The first-order valence-electron chi connectivity index (χ1n) is 9.45. The third-order valence-corrected chi connectivity index (χ3v) is 4.87. The van der Waals surface area contributed by atoms with Gasteiger partial charge in [0.05, 0.1) is 11.1 Å². The fraction of sp³-hybridized carbons (Fsp3) is 0.409. The van der Waals surface area contributed by atoms with Gasteiger partial charge in [0, 0.05) is 18.5 Å². The summed E-state index contributed by atoms with van der Waals surface area (Å²) in [7, 11) is 0. The minimum atomic E-state index is -0.0305. The number of amides is 1. The summed E-state index contributed by atoms with van der Waals surface area (Å²) in [4.78, 5) is 12.2. The van der Waals surface area contributed by atoms with E-state index in [1.165, 1.54) is 31.2 Å². The standard InChI is InChI=1S/C22H28BrNO2/c1-2-3-4-5-9-15-24-22(25)19-12-13-21(20(23)17-19)26-16-14-18-10-7-6-8-11-18/h6-8,10-13,17H,2-5,9,14-16H2,1H3,(H,24,25). The molecule has 0 fully saturated rings. The van der Waals surface area contributed by atoms with Crippen LogP contribution in [0.2, 0.25) is 0 Å². The highest BCUT2D eigenvalue weighted by Crippen LogP contribution is 2.26. The van der Waals surface area contributed by atoms with Gasteiger partial charge in [-0.3, -0.25) is 4.79 Å². The van der Waals surface area contributed by atoms with Crippen LogP contribution in [0.25, 0.3) is 0 Å². The fourth-order valence-corrected chi connectivity index (χ4v) is 3.21. The number of hydrogen-bond donors (Lipinski definition) is 1. The molecule has 0 spiro atoms. The van der Waals surface area contributed by atoms with Gasteiger partial charge in [0.25, 0.3) is 5.91 Å². The second kappa shape index (κ2) is 11.7. The van der Waals surface area contributed by atoms with Gasteiger partial charge in [-0.2, -0.15) is 0 Å². The molecule has 0 heterocycles. The predicted octanol–water partition coefficient (Wildman–Crippen LogP) is 5.77. The van der Waals surface area contributed by atoms with Crippen LogP contribution in [-0.4, -0.2) is 19.1 Å². The molecule has 2 rings (SSSR count). The first-order chi connectivity index (χ1) is 12.7. The van der Waals surface area contributed by atoms with Crippen LogP contribution in [0.5, 0.6) is 5.75 Å². The maximum absolute atomic E-state index is 12.2. The van der Waals surface area contributed by atoms with Crippen molar-refractivity contribution < 1.29 is 9.53 Å². The lowest BCUT2D eigenvalue weighted by Crippen LogP contribution is -2.24. The molecule has 0 atom stereocenters. The lowest BCUT2D eigenvalue weighted by molar-refractivity contribution is 0.0953. The summed E-state index contributed by atoms with van der Waals surface area (Å²) in [5.74, 6) is 0.731. The number of halogens is 1. The van der Waals surface area contributed by atoms with Crippen molar-refractivity contribution in [3.8, 4) is 5.75 Å². The van der Waals surface area contributed by atoms with Crippen LogP contribution >= 0.6 is 15.9 Å². The Bertz CT molecular complexity index is 673. The number of ether oxygens (including phenoxy) is 1. The number of hydrogen-bond acceptors (Lipinski definition) is 2. The SMILES string of the molecule is CCCCCCCNC(=O)c1ccc(OCCc2ccccc2)c(Br)c1. The van der Waals surface area contributed by atoms with E-state index >= 15 is 0 Å². The van der Waals surface area contributed by atoms with Crippen molar-refractivity contribution in [2.45, 2.75) is 45.4 Å². The Morgan fingerprint density at radius 3 is 2.54 bits per heavy atom. The van der Waals surface area contributed by atoms with Crippen molar-refractivity contribution in [1.29, 1.82) is 0 Å². The van der Waals surface area contributed by atoms with Gasteiger partial charge in [0.2, 0.25) is 0 Å². The molecule has 2 aromatic rings. The zero-order valence-electron chi connectivity index (χ0n) is 15.5. The average Bonchev–Trinajstić information content (AvgIpc) is 2.66. The molecule has 1 amide bonds. The molecule has 2 aromatic carbocycles. The Hall–Kier alpha value is -1.81. The van der Waals surface area contributed by atoms with E-state index in [0.717, 1.165) is 29.6 Å². The van der Waals surface area contributed by atoms with Gasteiger partial charge in [-0.15, -0.1) is 0 Å². The van der Waals surface area contributed by atoms with Gasteiger partial charge in [0.1, 0.15) is 5.75 Å². The van der Waals surface area contributed by atoms with Gasteiger partial charge >= 0.3 is 0 Å². The van der Waals surface area contributed by atoms with Crippen molar-refractivity contribution in [1.82, 2.24) is 5.32 Å². The Morgan fingerprint density at radius 1 is 1.04 bits per heavy atom. The van der Waals surface area contributed by atoms with Crippen LogP contribution in [0.4, 0.5) is 0 Å². The summed E-state index contributed by atoms with van der Waals surface area (Å²) in [6, 6.07) is 15.7. The summed E-state index contributed by atoms with van der Waals surface area (Å²) in [5, 5.41) is 2.99. The van der Waals surface area contributed by atoms with Gasteiger partial charge in [-0.25, -0.2) is 0 Å². The maximum Gasteiger partial charge on any atom is 0.251 e. The van der Waals surface area contributed by atoms with E-state index in [9.17, 15) is 4.79 Å². The van der Waals surface area contributed by atoms with Crippen molar-refractivity contribution in [2.24, 2.45) is 0 Å². The highest BCUT2D eigenvalue weighted by atomic mass is 79.9. The summed E-state index contributed by atoms with van der Waals surface area (Å²) >= 11 is 3.51. The Morgan fingerprint density at radius 2 is 1.81 bits per heavy atom. The smallest absolute Gasteiger partial charge is 0.251 e. The minimum Gasteiger partial charge on any atom is -0.492 e. The zero-order chi connectivity index (χ0) is 18.6. The third kappa shape index (κ3) is 7.20. The van der Waals surface area contributed by atoms with Crippen LogP contribution in [0.15, 0.2) is 53.0 Å². The largest absolute Gasteiger partial charge is 0.492 e. The summed E-state index contributed by atoms with van der Waals surface area (Å²) in [6.45, 7) is 3.54. The predicted molar refractivity (Wildman–Crippen MR) is 111 cm³/mol. The van der Waals surface area contributed by atoms with Gasteiger partial charge in [-0.1, -0.05) is 62.9 Å². The Labute approximate surface area is 165 Å². The van der Waals surface area contributed by atoms with Gasteiger partial charge < -0.3 is 10.1 Å². The molecule has 0 radical (unpaired) electrons. The highest BCUT2D eigenvalue weighted by molar-refractivity contribution is 9.10. The number of unbranched alkanes of at least 4 members (excludes halogenated alkanes) is 4. The topological polar surface area (TPSA) is 38.3 Å². The van der Waals surface area contributed by atoms with Crippen LogP contribution in [0, 0.1) is 0 Å². The molecule has 0 aliphatic carbocycles. The number of nitrogens with one attached hydrogen (secondary N) is 1. The van der Waals surface area contributed by atoms with Crippen molar-refractivity contribution in [3.05, 3.63) is 64.1 Å². The molecular formula is C22H28BrNO2. The molecule has 4 heteroatoms. The summed E-state index contributed by atoms with van der Waals surface area (Å²) in [6.07, 6.45) is 6.81. The summed E-state index contributed by atoms with van der Waals surface area (Å²) < 4.78 is 6.64. The van der Waals surface area contributed by atoms with Gasteiger partial charge in [-0.05, 0) is 46.1 Å².